The second-order valence-corrected chi connectivity index (χ2v) is 10.3. The molecule has 0 bridgehead atoms. The fourth-order valence-electron chi connectivity index (χ4n) is 3.39. The zero-order valence-electron chi connectivity index (χ0n) is 18.9. The Balaban J connectivity index is 1.67. The lowest BCUT2D eigenvalue weighted by Crippen LogP contribution is -2.09. The molecule has 0 spiro atoms. The summed E-state index contributed by atoms with van der Waals surface area (Å²) < 4.78 is 29.5. The van der Waals surface area contributed by atoms with Crippen LogP contribution in [-0.4, -0.2) is 41.8 Å². The molecule has 0 radical (unpaired) electrons. The van der Waals surface area contributed by atoms with E-state index in [1.54, 1.807) is 31.5 Å². The van der Waals surface area contributed by atoms with Crippen LogP contribution in [0, 0.1) is 6.92 Å². The standard InChI is InChI=1S/C24H25N5O3S/c1-15-24(23-12-21(29-32-23)18-7-5-17(6-8-18)13-25-3)28-22(14-27-15)19-9-10-26-20(11-19)16(2)33(4,30)31/h5-12,14,16,25H,13H2,1-4H3. The van der Waals surface area contributed by atoms with Crippen molar-refractivity contribution in [3.05, 3.63) is 71.8 Å². The topological polar surface area (TPSA) is 111 Å². The molecular formula is C24H25N5O3S. The summed E-state index contributed by atoms with van der Waals surface area (Å²) in [6.45, 7) is 4.27. The molecule has 9 heteroatoms. The third kappa shape index (κ3) is 4.99. The third-order valence-corrected chi connectivity index (χ3v) is 6.99. The van der Waals surface area contributed by atoms with Crippen LogP contribution in [0.1, 0.15) is 29.1 Å². The first-order chi connectivity index (χ1) is 15.8. The van der Waals surface area contributed by atoms with Gasteiger partial charge in [-0.1, -0.05) is 29.4 Å². The van der Waals surface area contributed by atoms with Gasteiger partial charge in [0.25, 0.3) is 0 Å². The minimum Gasteiger partial charge on any atom is -0.354 e. The second kappa shape index (κ2) is 9.21. The van der Waals surface area contributed by atoms with Gasteiger partial charge in [0.2, 0.25) is 0 Å². The SMILES string of the molecule is CNCc1ccc(-c2cc(-c3nc(-c4ccnc(C(C)S(C)(=O)=O)c4)cnc3C)on2)cc1. The Labute approximate surface area is 193 Å². The van der Waals surface area contributed by atoms with Crippen LogP contribution in [0.15, 0.2) is 59.4 Å². The molecule has 0 saturated carbocycles. The monoisotopic (exact) mass is 463 g/mol. The fourth-order valence-corrected chi connectivity index (χ4v) is 3.96. The molecule has 0 amide bonds. The number of pyridine rings is 1. The molecule has 33 heavy (non-hydrogen) atoms. The zero-order valence-corrected chi connectivity index (χ0v) is 19.7. The Kier molecular flexibility index (Phi) is 6.35. The van der Waals surface area contributed by atoms with Crippen LogP contribution >= 0.6 is 0 Å². The van der Waals surface area contributed by atoms with Crippen LogP contribution < -0.4 is 5.32 Å². The number of aromatic nitrogens is 4. The number of benzene rings is 1. The summed E-state index contributed by atoms with van der Waals surface area (Å²) in [7, 11) is -1.36. The molecule has 0 saturated heterocycles. The van der Waals surface area contributed by atoms with Gasteiger partial charge in [0, 0.05) is 36.2 Å². The molecule has 4 aromatic rings. The summed E-state index contributed by atoms with van der Waals surface area (Å²) >= 11 is 0. The quantitative estimate of drug-likeness (QED) is 0.438. The van der Waals surface area contributed by atoms with Crippen LogP contribution in [0.4, 0.5) is 0 Å². The van der Waals surface area contributed by atoms with Gasteiger partial charge in [-0.3, -0.25) is 9.97 Å². The molecule has 1 atom stereocenters. The highest BCUT2D eigenvalue weighted by Crippen LogP contribution is 2.29. The van der Waals surface area contributed by atoms with Gasteiger partial charge in [0.05, 0.1) is 23.3 Å². The molecule has 1 N–H and O–H groups in total. The van der Waals surface area contributed by atoms with E-state index in [0.717, 1.165) is 17.7 Å². The molecule has 3 aromatic heterocycles. The van der Waals surface area contributed by atoms with Crippen molar-refractivity contribution in [1.29, 1.82) is 0 Å². The van der Waals surface area contributed by atoms with E-state index in [1.807, 2.05) is 44.3 Å². The van der Waals surface area contributed by atoms with Gasteiger partial charge in [-0.25, -0.2) is 13.4 Å². The third-order valence-electron chi connectivity index (χ3n) is 5.47. The van der Waals surface area contributed by atoms with Gasteiger partial charge in [-0.2, -0.15) is 0 Å². The predicted molar refractivity (Wildman–Crippen MR) is 127 cm³/mol. The largest absolute Gasteiger partial charge is 0.354 e. The first-order valence-corrected chi connectivity index (χ1v) is 12.4. The van der Waals surface area contributed by atoms with Crippen molar-refractivity contribution in [3.63, 3.8) is 0 Å². The number of nitrogens with one attached hydrogen (secondary N) is 1. The lowest BCUT2D eigenvalue weighted by atomic mass is 10.1. The van der Waals surface area contributed by atoms with Crippen molar-refractivity contribution in [2.75, 3.05) is 13.3 Å². The molecule has 0 fully saturated rings. The van der Waals surface area contributed by atoms with Gasteiger partial charge < -0.3 is 9.84 Å². The number of nitrogens with zero attached hydrogens (tertiary/aromatic N) is 4. The average Bonchev–Trinajstić information content (AvgIpc) is 3.29. The second-order valence-electron chi connectivity index (χ2n) is 7.93. The van der Waals surface area contributed by atoms with E-state index < -0.39 is 15.1 Å². The van der Waals surface area contributed by atoms with Crippen LogP contribution in [-0.2, 0) is 16.4 Å². The highest BCUT2D eigenvalue weighted by atomic mass is 32.2. The van der Waals surface area contributed by atoms with Crippen molar-refractivity contribution in [2.24, 2.45) is 0 Å². The molecule has 8 nitrogen and oxygen atoms in total. The molecule has 170 valence electrons. The first kappa shape index (κ1) is 22.8. The fraction of sp³-hybridized carbons (Fsp3) is 0.250. The van der Waals surface area contributed by atoms with E-state index in [2.05, 4.69) is 20.4 Å². The van der Waals surface area contributed by atoms with Gasteiger partial charge in [0.1, 0.15) is 16.6 Å². The lowest BCUT2D eigenvalue weighted by Gasteiger charge is -2.10. The molecule has 3 heterocycles. The Morgan fingerprint density at radius 2 is 1.79 bits per heavy atom. The van der Waals surface area contributed by atoms with Gasteiger partial charge in [-0.05, 0) is 38.6 Å². The maximum absolute atomic E-state index is 11.9. The molecule has 0 aliphatic carbocycles. The molecule has 4 rings (SSSR count). The molecule has 0 aliphatic heterocycles. The normalized spacial score (nSPS) is 12.6. The van der Waals surface area contributed by atoms with E-state index in [4.69, 9.17) is 9.51 Å². The predicted octanol–water partition coefficient (Wildman–Crippen LogP) is 3.99. The number of hydrogen-bond donors (Lipinski definition) is 1. The summed E-state index contributed by atoms with van der Waals surface area (Å²) in [6, 6.07) is 13.5. The van der Waals surface area contributed by atoms with Crippen LogP contribution in [0.5, 0.6) is 0 Å². The molecule has 1 aromatic carbocycles. The maximum atomic E-state index is 11.9. The van der Waals surface area contributed by atoms with Crippen LogP contribution in [0.2, 0.25) is 0 Å². The van der Waals surface area contributed by atoms with Crippen LogP contribution in [0.25, 0.3) is 34.0 Å². The van der Waals surface area contributed by atoms with E-state index in [9.17, 15) is 8.42 Å². The van der Waals surface area contributed by atoms with Crippen molar-refractivity contribution in [2.45, 2.75) is 25.6 Å². The summed E-state index contributed by atoms with van der Waals surface area (Å²) in [5.74, 6) is 0.509. The summed E-state index contributed by atoms with van der Waals surface area (Å²) in [5, 5.41) is 6.62. The smallest absolute Gasteiger partial charge is 0.187 e. The van der Waals surface area contributed by atoms with Crippen molar-refractivity contribution in [3.8, 4) is 34.0 Å². The van der Waals surface area contributed by atoms with Crippen LogP contribution in [0.3, 0.4) is 0 Å². The minimum atomic E-state index is -3.27. The summed E-state index contributed by atoms with van der Waals surface area (Å²) in [6.07, 6.45) is 4.43. The number of hydrogen-bond acceptors (Lipinski definition) is 8. The average molecular weight is 464 g/mol. The van der Waals surface area contributed by atoms with Gasteiger partial charge in [0.15, 0.2) is 15.6 Å². The van der Waals surface area contributed by atoms with Crippen molar-refractivity contribution < 1.29 is 12.9 Å². The van der Waals surface area contributed by atoms with Gasteiger partial charge in [-0.15, -0.1) is 0 Å². The Bertz CT molecular complexity index is 1380. The highest BCUT2D eigenvalue weighted by Gasteiger charge is 2.20. The molecule has 0 aliphatic rings. The Hall–Kier alpha value is -3.43. The van der Waals surface area contributed by atoms with E-state index in [1.165, 1.54) is 11.8 Å². The summed E-state index contributed by atoms with van der Waals surface area (Å²) in [4.78, 5) is 13.4. The van der Waals surface area contributed by atoms with E-state index in [0.29, 0.717) is 34.2 Å². The minimum absolute atomic E-state index is 0.461. The van der Waals surface area contributed by atoms with Gasteiger partial charge >= 0.3 is 0 Å². The lowest BCUT2D eigenvalue weighted by molar-refractivity contribution is 0.433. The van der Waals surface area contributed by atoms with E-state index in [-0.39, 0.29) is 0 Å². The summed E-state index contributed by atoms with van der Waals surface area (Å²) in [5.41, 5.74) is 5.89. The number of rotatable bonds is 7. The Morgan fingerprint density at radius 1 is 1.03 bits per heavy atom. The molecule has 1 unspecified atom stereocenters. The zero-order chi connectivity index (χ0) is 23.6. The van der Waals surface area contributed by atoms with E-state index >= 15 is 0 Å². The highest BCUT2D eigenvalue weighted by molar-refractivity contribution is 7.90. The maximum Gasteiger partial charge on any atom is 0.187 e. The van der Waals surface area contributed by atoms with Crippen molar-refractivity contribution in [1.82, 2.24) is 25.4 Å². The first-order valence-electron chi connectivity index (χ1n) is 10.5. The molecular weight excluding hydrogens is 438 g/mol. The Morgan fingerprint density at radius 3 is 2.48 bits per heavy atom. The number of aryl methyl sites for hydroxylation is 1. The van der Waals surface area contributed by atoms with Crippen molar-refractivity contribution >= 4 is 9.84 Å². The number of sulfone groups is 1.